The number of rotatable bonds is 4. The normalized spacial score (nSPS) is 14.9. The lowest BCUT2D eigenvalue weighted by molar-refractivity contribution is 0.400. The Balaban J connectivity index is 2.00. The molecule has 0 aromatic carbocycles. The van der Waals surface area contributed by atoms with Gasteiger partial charge < -0.3 is 9.13 Å². The molecule has 16 heavy (non-hydrogen) atoms. The molecule has 0 radical (unpaired) electrons. The second-order valence-electron chi connectivity index (χ2n) is 4.70. The zero-order chi connectivity index (χ0) is 11.5. The first-order chi connectivity index (χ1) is 7.66. The molecule has 2 heterocycles. The Morgan fingerprint density at radius 3 is 2.19 bits per heavy atom. The van der Waals surface area contributed by atoms with Crippen LogP contribution in [0.3, 0.4) is 0 Å². The van der Waals surface area contributed by atoms with Crippen LogP contribution in [0.15, 0.2) is 43.0 Å². The quantitative estimate of drug-likeness (QED) is 0.735. The molecule has 86 valence electrons. The van der Waals surface area contributed by atoms with Gasteiger partial charge in [0.25, 0.3) is 0 Å². The van der Waals surface area contributed by atoms with Gasteiger partial charge in [-0.15, -0.1) is 0 Å². The minimum atomic E-state index is 0.547. The molecule has 2 nitrogen and oxygen atoms in total. The number of aryl methyl sites for hydroxylation is 1. The van der Waals surface area contributed by atoms with Gasteiger partial charge in [-0.3, -0.25) is 0 Å². The molecule has 0 bridgehead atoms. The lowest BCUT2D eigenvalue weighted by atomic mass is 10.1. The first-order valence-corrected chi connectivity index (χ1v) is 5.93. The van der Waals surface area contributed by atoms with E-state index in [9.17, 15) is 0 Å². The van der Waals surface area contributed by atoms with Crippen LogP contribution in [0.1, 0.15) is 37.9 Å². The van der Waals surface area contributed by atoms with Crippen LogP contribution in [0.5, 0.6) is 0 Å². The SMILES string of the molecule is Cc1ccn(C(C)CC(C)n2cccc2)c1. The average molecular weight is 216 g/mol. The highest BCUT2D eigenvalue weighted by Gasteiger charge is 2.10. The molecule has 0 saturated heterocycles. The predicted octanol–water partition coefficient (Wildman–Crippen LogP) is 3.81. The van der Waals surface area contributed by atoms with Gasteiger partial charge in [0.2, 0.25) is 0 Å². The van der Waals surface area contributed by atoms with E-state index in [-0.39, 0.29) is 0 Å². The smallest absolute Gasteiger partial charge is 0.0322 e. The van der Waals surface area contributed by atoms with Crippen molar-refractivity contribution in [2.75, 3.05) is 0 Å². The van der Waals surface area contributed by atoms with E-state index in [1.165, 1.54) is 5.56 Å². The van der Waals surface area contributed by atoms with Crippen molar-refractivity contribution in [2.24, 2.45) is 0 Å². The Hall–Kier alpha value is -1.44. The van der Waals surface area contributed by atoms with E-state index in [0.29, 0.717) is 12.1 Å². The fraction of sp³-hybridized carbons (Fsp3) is 0.429. The van der Waals surface area contributed by atoms with Crippen LogP contribution in [-0.4, -0.2) is 9.13 Å². The molecule has 0 aliphatic heterocycles. The summed E-state index contributed by atoms with van der Waals surface area (Å²) >= 11 is 0. The summed E-state index contributed by atoms with van der Waals surface area (Å²) in [7, 11) is 0. The molecular weight excluding hydrogens is 196 g/mol. The van der Waals surface area contributed by atoms with Crippen LogP contribution < -0.4 is 0 Å². The van der Waals surface area contributed by atoms with E-state index in [2.05, 4.69) is 72.9 Å². The van der Waals surface area contributed by atoms with Crippen molar-refractivity contribution in [2.45, 2.75) is 39.3 Å². The van der Waals surface area contributed by atoms with Gasteiger partial charge in [0.1, 0.15) is 0 Å². The molecule has 0 spiro atoms. The zero-order valence-electron chi connectivity index (χ0n) is 10.3. The third kappa shape index (κ3) is 2.38. The molecule has 2 aromatic rings. The Morgan fingerprint density at radius 2 is 1.62 bits per heavy atom. The van der Waals surface area contributed by atoms with Crippen molar-refractivity contribution >= 4 is 0 Å². The Bertz CT molecular complexity index is 425. The second-order valence-corrected chi connectivity index (χ2v) is 4.70. The van der Waals surface area contributed by atoms with Crippen LogP contribution in [0.25, 0.3) is 0 Å². The summed E-state index contributed by atoms with van der Waals surface area (Å²) in [5, 5.41) is 0. The monoisotopic (exact) mass is 216 g/mol. The van der Waals surface area contributed by atoms with Gasteiger partial charge in [0.15, 0.2) is 0 Å². The molecule has 2 aromatic heterocycles. The van der Waals surface area contributed by atoms with E-state index in [4.69, 9.17) is 0 Å². The van der Waals surface area contributed by atoms with Gasteiger partial charge in [0.05, 0.1) is 0 Å². The maximum absolute atomic E-state index is 2.30. The predicted molar refractivity (Wildman–Crippen MR) is 67.6 cm³/mol. The van der Waals surface area contributed by atoms with E-state index < -0.39 is 0 Å². The molecule has 0 saturated carbocycles. The maximum Gasteiger partial charge on any atom is 0.0322 e. The van der Waals surface area contributed by atoms with Crippen LogP contribution in [-0.2, 0) is 0 Å². The molecule has 0 fully saturated rings. The molecule has 2 unspecified atom stereocenters. The van der Waals surface area contributed by atoms with Crippen LogP contribution >= 0.6 is 0 Å². The molecule has 2 rings (SSSR count). The molecular formula is C14H20N2. The summed E-state index contributed by atoms with van der Waals surface area (Å²) in [4.78, 5) is 0. The van der Waals surface area contributed by atoms with Gasteiger partial charge in [-0.2, -0.15) is 0 Å². The highest BCUT2D eigenvalue weighted by molar-refractivity contribution is 5.08. The van der Waals surface area contributed by atoms with Gasteiger partial charge in [-0.1, -0.05) is 0 Å². The van der Waals surface area contributed by atoms with Gasteiger partial charge in [0, 0.05) is 36.9 Å². The molecule has 0 aliphatic carbocycles. The van der Waals surface area contributed by atoms with Gasteiger partial charge in [-0.05, 0) is 51.0 Å². The van der Waals surface area contributed by atoms with Crippen LogP contribution in [0.2, 0.25) is 0 Å². The molecule has 2 atom stereocenters. The third-order valence-electron chi connectivity index (χ3n) is 3.19. The summed E-state index contributed by atoms with van der Waals surface area (Å²) in [6.07, 6.45) is 9.81. The maximum atomic E-state index is 2.30. The van der Waals surface area contributed by atoms with E-state index in [0.717, 1.165) is 6.42 Å². The summed E-state index contributed by atoms with van der Waals surface area (Å²) in [6, 6.07) is 7.43. The number of hydrogen-bond donors (Lipinski definition) is 0. The fourth-order valence-electron chi connectivity index (χ4n) is 2.18. The first kappa shape index (κ1) is 11.1. The lowest BCUT2D eigenvalue weighted by Gasteiger charge is -2.20. The fourth-order valence-corrected chi connectivity index (χ4v) is 2.18. The summed E-state index contributed by atoms with van der Waals surface area (Å²) in [5.41, 5.74) is 1.33. The van der Waals surface area contributed by atoms with Crippen LogP contribution in [0, 0.1) is 6.92 Å². The number of nitrogens with zero attached hydrogens (tertiary/aromatic N) is 2. The third-order valence-corrected chi connectivity index (χ3v) is 3.19. The standard InChI is InChI=1S/C14H20N2/c1-12-6-9-16(11-12)14(3)10-13(2)15-7-4-5-8-15/h4-9,11,13-14H,10H2,1-3H3. The number of hydrogen-bond acceptors (Lipinski definition) is 0. The first-order valence-electron chi connectivity index (χ1n) is 5.93. The van der Waals surface area contributed by atoms with E-state index in [1.54, 1.807) is 0 Å². The van der Waals surface area contributed by atoms with Crippen molar-refractivity contribution < 1.29 is 0 Å². The van der Waals surface area contributed by atoms with Crippen molar-refractivity contribution in [3.63, 3.8) is 0 Å². The second kappa shape index (κ2) is 4.60. The van der Waals surface area contributed by atoms with Gasteiger partial charge in [-0.25, -0.2) is 0 Å². The van der Waals surface area contributed by atoms with E-state index in [1.807, 2.05) is 0 Å². The Morgan fingerprint density at radius 1 is 1.00 bits per heavy atom. The molecule has 0 N–H and O–H groups in total. The van der Waals surface area contributed by atoms with Gasteiger partial charge >= 0.3 is 0 Å². The van der Waals surface area contributed by atoms with E-state index >= 15 is 0 Å². The topological polar surface area (TPSA) is 9.86 Å². The molecule has 0 aliphatic rings. The largest absolute Gasteiger partial charge is 0.351 e. The lowest BCUT2D eigenvalue weighted by Crippen LogP contribution is -2.10. The summed E-state index contributed by atoms with van der Waals surface area (Å²) in [6.45, 7) is 6.69. The van der Waals surface area contributed by atoms with Crippen molar-refractivity contribution in [3.8, 4) is 0 Å². The van der Waals surface area contributed by atoms with Crippen molar-refractivity contribution in [3.05, 3.63) is 48.5 Å². The number of aromatic nitrogens is 2. The summed E-state index contributed by atoms with van der Waals surface area (Å²) < 4.78 is 4.57. The molecule has 0 amide bonds. The average Bonchev–Trinajstić information content (AvgIpc) is 2.87. The highest BCUT2D eigenvalue weighted by atomic mass is 15.0. The summed E-state index contributed by atoms with van der Waals surface area (Å²) in [5.74, 6) is 0. The highest BCUT2D eigenvalue weighted by Crippen LogP contribution is 2.21. The van der Waals surface area contributed by atoms with Crippen molar-refractivity contribution in [1.29, 1.82) is 0 Å². The molecule has 2 heteroatoms. The zero-order valence-corrected chi connectivity index (χ0v) is 10.3. The minimum absolute atomic E-state index is 0.547. The Kier molecular flexibility index (Phi) is 3.18. The van der Waals surface area contributed by atoms with Crippen LogP contribution in [0.4, 0.5) is 0 Å². The van der Waals surface area contributed by atoms with Crippen molar-refractivity contribution in [1.82, 2.24) is 9.13 Å². The minimum Gasteiger partial charge on any atom is -0.351 e. The Labute approximate surface area is 97.5 Å².